The third-order valence-electron chi connectivity index (χ3n) is 3.89. The monoisotopic (exact) mass is 301 g/mol. The molecule has 0 radical (unpaired) electrons. The number of hydrogen-bond acceptors (Lipinski definition) is 3. The molecule has 0 spiro atoms. The van der Waals surface area contributed by atoms with Crippen LogP contribution in [0.2, 0.25) is 5.02 Å². The molecule has 0 aliphatic carbocycles. The Hall–Kier alpha value is -0.190. The van der Waals surface area contributed by atoms with E-state index in [0.717, 1.165) is 41.7 Å². The predicted molar refractivity (Wildman–Crippen MR) is 84.0 cm³/mol. The van der Waals surface area contributed by atoms with Gasteiger partial charge in [0.15, 0.2) is 0 Å². The molecule has 1 aliphatic heterocycles. The summed E-state index contributed by atoms with van der Waals surface area (Å²) < 4.78 is 1.99. The normalized spacial score (nSPS) is 18.7. The summed E-state index contributed by atoms with van der Waals surface area (Å²) >= 11 is 8.40. The average Bonchev–Trinajstić information content (AvgIpc) is 2.67. The van der Waals surface area contributed by atoms with Crippen LogP contribution in [0.5, 0.6) is 0 Å². The Morgan fingerprint density at radius 2 is 2.16 bits per heavy atom. The van der Waals surface area contributed by atoms with Crippen LogP contribution in [0.15, 0.2) is 0 Å². The van der Waals surface area contributed by atoms with E-state index in [9.17, 15) is 0 Å². The van der Waals surface area contributed by atoms with Crippen molar-refractivity contribution in [2.75, 3.05) is 11.5 Å². The number of rotatable bonds is 5. The summed E-state index contributed by atoms with van der Waals surface area (Å²) in [4.78, 5) is 0. The fraction of sp³-hybridized carbons (Fsp3) is 0.786. The van der Waals surface area contributed by atoms with Crippen LogP contribution in [0.3, 0.4) is 0 Å². The molecule has 2 N–H and O–H groups in total. The van der Waals surface area contributed by atoms with Crippen LogP contribution in [0.25, 0.3) is 0 Å². The molecule has 19 heavy (non-hydrogen) atoms. The number of hydrogen-bond donors (Lipinski definition) is 1. The van der Waals surface area contributed by atoms with Gasteiger partial charge in [-0.3, -0.25) is 4.68 Å². The van der Waals surface area contributed by atoms with Gasteiger partial charge in [0.25, 0.3) is 0 Å². The highest BCUT2D eigenvalue weighted by Gasteiger charge is 2.20. The number of nitrogens with zero attached hydrogens (tertiary/aromatic N) is 2. The number of thioether (sulfide) groups is 1. The molecule has 0 bridgehead atoms. The summed E-state index contributed by atoms with van der Waals surface area (Å²) in [6.07, 6.45) is 4.60. The van der Waals surface area contributed by atoms with Crippen LogP contribution in [0.4, 0.5) is 0 Å². The molecule has 0 saturated carbocycles. The maximum absolute atomic E-state index is 6.34. The molecule has 2 heterocycles. The highest BCUT2D eigenvalue weighted by molar-refractivity contribution is 7.99. The summed E-state index contributed by atoms with van der Waals surface area (Å²) in [5.74, 6) is 3.39. The molecular formula is C14H24ClN3S. The topological polar surface area (TPSA) is 43.8 Å². The third-order valence-corrected chi connectivity index (χ3v) is 5.43. The lowest BCUT2D eigenvalue weighted by Crippen LogP contribution is -2.28. The number of nitrogens with two attached hydrogens (primary N) is 1. The first-order valence-corrected chi connectivity index (χ1v) is 8.70. The second kappa shape index (κ2) is 7.00. The molecule has 1 saturated heterocycles. The van der Waals surface area contributed by atoms with Gasteiger partial charge in [0.05, 0.1) is 16.4 Å². The van der Waals surface area contributed by atoms with Crippen LogP contribution in [0.1, 0.15) is 37.6 Å². The lowest BCUT2D eigenvalue weighted by Gasteiger charge is -2.24. The Kier molecular flexibility index (Phi) is 5.60. The molecular weight excluding hydrogens is 278 g/mol. The van der Waals surface area contributed by atoms with Crippen LogP contribution < -0.4 is 5.73 Å². The molecule has 1 fully saturated rings. The molecule has 108 valence electrons. The zero-order valence-electron chi connectivity index (χ0n) is 11.9. The van der Waals surface area contributed by atoms with Gasteiger partial charge in [-0.05, 0) is 50.5 Å². The minimum Gasteiger partial charge on any atom is -0.327 e. The van der Waals surface area contributed by atoms with Gasteiger partial charge in [0.1, 0.15) is 0 Å². The Balaban J connectivity index is 1.96. The van der Waals surface area contributed by atoms with Gasteiger partial charge in [-0.25, -0.2) is 0 Å². The molecule has 0 amide bonds. The van der Waals surface area contributed by atoms with E-state index in [1.807, 2.05) is 11.6 Å². The van der Waals surface area contributed by atoms with E-state index >= 15 is 0 Å². The van der Waals surface area contributed by atoms with Gasteiger partial charge in [-0.1, -0.05) is 11.6 Å². The fourth-order valence-corrected chi connectivity index (χ4v) is 4.22. The maximum atomic E-state index is 6.34. The van der Waals surface area contributed by atoms with E-state index in [4.69, 9.17) is 17.3 Å². The van der Waals surface area contributed by atoms with E-state index in [0.29, 0.717) is 0 Å². The summed E-state index contributed by atoms with van der Waals surface area (Å²) in [5.41, 5.74) is 8.36. The SMILES string of the molecule is CCn1nc(C)c(Cl)c1CC(N)CC1CCSCC1. The van der Waals surface area contributed by atoms with E-state index in [2.05, 4.69) is 23.8 Å². The van der Waals surface area contributed by atoms with Crippen molar-refractivity contribution in [3.05, 3.63) is 16.4 Å². The number of aromatic nitrogens is 2. The van der Waals surface area contributed by atoms with Crippen LogP contribution in [-0.2, 0) is 13.0 Å². The van der Waals surface area contributed by atoms with Crippen molar-refractivity contribution < 1.29 is 0 Å². The highest BCUT2D eigenvalue weighted by Crippen LogP contribution is 2.28. The Bertz CT molecular complexity index is 413. The smallest absolute Gasteiger partial charge is 0.0847 e. The highest BCUT2D eigenvalue weighted by atomic mass is 35.5. The maximum Gasteiger partial charge on any atom is 0.0847 e. The largest absolute Gasteiger partial charge is 0.327 e. The van der Waals surface area contributed by atoms with Crippen molar-refractivity contribution in [1.29, 1.82) is 0 Å². The predicted octanol–water partition coefficient (Wildman–Crippen LogP) is 3.27. The van der Waals surface area contributed by atoms with Crippen molar-refractivity contribution in [2.24, 2.45) is 11.7 Å². The van der Waals surface area contributed by atoms with E-state index in [1.54, 1.807) is 0 Å². The van der Waals surface area contributed by atoms with Gasteiger partial charge in [-0.2, -0.15) is 16.9 Å². The van der Waals surface area contributed by atoms with Crippen LogP contribution >= 0.6 is 23.4 Å². The second-order valence-corrected chi connectivity index (χ2v) is 7.02. The summed E-state index contributed by atoms with van der Waals surface area (Å²) in [7, 11) is 0. The molecule has 0 aromatic carbocycles. The first-order valence-electron chi connectivity index (χ1n) is 7.17. The van der Waals surface area contributed by atoms with Gasteiger partial charge < -0.3 is 5.73 Å². The minimum atomic E-state index is 0.201. The second-order valence-electron chi connectivity index (χ2n) is 5.42. The zero-order valence-corrected chi connectivity index (χ0v) is 13.4. The Morgan fingerprint density at radius 1 is 1.47 bits per heavy atom. The molecule has 1 aliphatic rings. The molecule has 3 nitrogen and oxygen atoms in total. The van der Waals surface area contributed by atoms with Crippen molar-refractivity contribution in [3.8, 4) is 0 Å². The fourth-order valence-electron chi connectivity index (χ4n) is 2.81. The van der Waals surface area contributed by atoms with Crippen LogP contribution in [0, 0.1) is 12.8 Å². The van der Waals surface area contributed by atoms with E-state index in [-0.39, 0.29) is 6.04 Å². The van der Waals surface area contributed by atoms with Crippen molar-refractivity contribution >= 4 is 23.4 Å². The molecule has 1 aromatic heterocycles. The number of aryl methyl sites for hydroxylation is 2. The van der Waals surface area contributed by atoms with Crippen LogP contribution in [-0.4, -0.2) is 27.3 Å². The van der Waals surface area contributed by atoms with Gasteiger partial charge in [0.2, 0.25) is 0 Å². The molecule has 1 aromatic rings. The Morgan fingerprint density at radius 3 is 2.79 bits per heavy atom. The molecule has 1 unspecified atom stereocenters. The van der Waals surface area contributed by atoms with E-state index in [1.165, 1.54) is 24.3 Å². The first-order chi connectivity index (χ1) is 9.11. The van der Waals surface area contributed by atoms with Gasteiger partial charge >= 0.3 is 0 Å². The molecule has 1 atom stereocenters. The average molecular weight is 302 g/mol. The minimum absolute atomic E-state index is 0.201. The Labute approximate surface area is 125 Å². The zero-order chi connectivity index (χ0) is 13.8. The van der Waals surface area contributed by atoms with E-state index < -0.39 is 0 Å². The quantitative estimate of drug-likeness (QED) is 0.908. The number of halogens is 1. The first kappa shape index (κ1) is 15.2. The third kappa shape index (κ3) is 3.89. The summed E-state index contributed by atoms with van der Waals surface area (Å²) in [6.45, 7) is 4.91. The van der Waals surface area contributed by atoms with Crippen molar-refractivity contribution in [3.63, 3.8) is 0 Å². The standard InChI is InChI=1S/C14H24ClN3S/c1-3-18-13(14(15)10(2)17-18)9-12(16)8-11-4-6-19-7-5-11/h11-12H,3-9,16H2,1-2H3. The van der Waals surface area contributed by atoms with Crippen molar-refractivity contribution in [1.82, 2.24) is 9.78 Å². The molecule has 2 rings (SSSR count). The van der Waals surface area contributed by atoms with Gasteiger partial charge in [0, 0.05) is 19.0 Å². The molecule has 5 heteroatoms. The van der Waals surface area contributed by atoms with Gasteiger partial charge in [-0.15, -0.1) is 0 Å². The lowest BCUT2D eigenvalue weighted by atomic mass is 9.92. The van der Waals surface area contributed by atoms with Crippen molar-refractivity contribution in [2.45, 2.75) is 52.1 Å². The lowest BCUT2D eigenvalue weighted by molar-refractivity contribution is 0.401. The summed E-state index contributed by atoms with van der Waals surface area (Å²) in [6, 6.07) is 0.201. The summed E-state index contributed by atoms with van der Waals surface area (Å²) in [5, 5.41) is 5.26.